The van der Waals surface area contributed by atoms with Crippen LogP contribution in [0.1, 0.15) is 40.5 Å². The molecule has 2 rings (SSSR count). The van der Waals surface area contributed by atoms with Crippen LogP contribution in [0.5, 0.6) is 0 Å². The molecular weight excluding hydrogens is 316 g/mol. The highest BCUT2D eigenvalue weighted by atomic mass is 16.7. The van der Waals surface area contributed by atoms with Crippen LogP contribution in [0.2, 0.25) is 0 Å². The fourth-order valence-electron chi connectivity index (χ4n) is 3.41. The van der Waals surface area contributed by atoms with Gasteiger partial charge in [0.25, 0.3) is 0 Å². The van der Waals surface area contributed by atoms with Gasteiger partial charge < -0.3 is 18.9 Å². The first-order valence-electron chi connectivity index (χ1n) is 8.06. The topological polar surface area (TPSA) is 88.1 Å². The monoisotopic (exact) mass is 340 g/mol. The molecule has 0 saturated carbocycles. The van der Waals surface area contributed by atoms with Crippen molar-refractivity contribution in [2.75, 3.05) is 6.61 Å². The second-order valence-electron chi connectivity index (χ2n) is 6.35. The predicted octanol–water partition coefficient (Wildman–Crippen LogP) is 1.74. The molecule has 0 aromatic rings. The first-order valence-corrected chi connectivity index (χ1v) is 8.06. The minimum atomic E-state index is -1.00. The highest BCUT2D eigenvalue weighted by Crippen LogP contribution is 2.42. The SMILES string of the molecule is CC(=O)OC[C@H]1OC(OC(C)=O)[C@@H](OC(C)=O)[C@@H]2CC(C)=CC[C@@H]21. The Hall–Kier alpha value is -1.89. The van der Waals surface area contributed by atoms with E-state index in [9.17, 15) is 14.4 Å². The molecule has 7 nitrogen and oxygen atoms in total. The Morgan fingerprint density at radius 2 is 1.75 bits per heavy atom. The molecule has 1 fully saturated rings. The van der Waals surface area contributed by atoms with Gasteiger partial charge in [0.1, 0.15) is 6.61 Å². The fourth-order valence-corrected chi connectivity index (χ4v) is 3.41. The van der Waals surface area contributed by atoms with Crippen molar-refractivity contribution in [3.63, 3.8) is 0 Å². The van der Waals surface area contributed by atoms with E-state index in [1.165, 1.54) is 26.3 Å². The van der Waals surface area contributed by atoms with Gasteiger partial charge in [0.15, 0.2) is 6.10 Å². The molecule has 7 heteroatoms. The summed E-state index contributed by atoms with van der Waals surface area (Å²) in [5.41, 5.74) is 1.18. The molecule has 0 bridgehead atoms. The smallest absolute Gasteiger partial charge is 0.305 e. The van der Waals surface area contributed by atoms with Gasteiger partial charge in [-0.1, -0.05) is 11.6 Å². The van der Waals surface area contributed by atoms with Crippen LogP contribution in [0.4, 0.5) is 0 Å². The third-order valence-electron chi connectivity index (χ3n) is 4.36. The molecule has 0 radical (unpaired) electrons. The second-order valence-corrected chi connectivity index (χ2v) is 6.35. The first-order chi connectivity index (χ1) is 11.3. The van der Waals surface area contributed by atoms with Crippen LogP contribution >= 0.6 is 0 Å². The average Bonchev–Trinajstić information content (AvgIpc) is 2.46. The van der Waals surface area contributed by atoms with Crippen molar-refractivity contribution in [2.24, 2.45) is 11.8 Å². The Kier molecular flexibility index (Phi) is 5.99. The van der Waals surface area contributed by atoms with Crippen LogP contribution in [-0.2, 0) is 33.3 Å². The lowest BCUT2D eigenvalue weighted by atomic mass is 9.72. The van der Waals surface area contributed by atoms with E-state index < -0.39 is 36.4 Å². The van der Waals surface area contributed by atoms with Crippen molar-refractivity contribution < 1.29 is 33.3 Å². The van der Waals surface area contributed by atoms with Crippen molar-refractivity contribution in [1.82, 2.24) is 0 Å². The summed E-state index contributed by atoms with van der Waals surface area (Å²) in [7, 11) is 0. The summed E-state index contributed by atoms with van der Waals surface area (Å²) in [6, 6.07) is 0. The molecule has 134 valence electrons. The van der Waals surface area contributed by atoms with E-state index in [1.54, 1.807) is 0 Å². The molecule has 24 heavy (non-hydrogen) atoms. The number of fused-ring (bicyclic) bond motifs is 1. The van der Waals surface area contributed by atoms with Crippen molar-refractivity contribution >= 4 is 17.9 Å². The number of rotatable bonds is 4. The zero-order chi connectivity index (χ0) is 17.9. The minimum Gasteiger partial charge on any atom is -0.463 e. The van der Waals surface area contributed by atoms with Gasteiger partial charge in [-0.25, -0.2) is 0 Å². The molecule has 1 saturated heterocycles. The number of ether oxygens (including phenoxy) is 4. The Morgan fingerprint density at radius 3 is 2.33 bits per heavy atom. The number of allylic oxidation sites excluding steroid dienone is 2. The predicted molar refractivity (Wildman–Crippen MR) is 82.6 cm³/mol. The van der Waals surface area contributed by atoms with Gasteiger partial charge in [-0.3, -0.25) is 14.4 Å². The molecule has 2 aliphatic rings. The van der Waals surface area contributed by atoms with E-state index in [1.807, 2.05) is 6.92 Å². The molecule has 0 N–H and O–H groups in total. The zero-order valence-electron chi connectivity index (χ0n) is 14.4. The standard InChI is InChI=1S/C17H24O7/c1-9-5-6-13-14(7-9)16(22-11(3)19)17(23-12(4)20)24-15(13)8-21-10(2)18/h5,13-17H,6-8H2,1-4H3/t13-,14+,15+,16-,17?/m0/s1. The van der Waals surface area contributed by atoms with E-state index in [2.05, 4.69) is 6.08 Å². The van der Waals surface area contributed by atoms with Crippen LogP contribution in [0.25, 0.3) is 0 Å². The summed E-state index contributed by atoms with van der Waals surface area (Å²) in [5.74, 6) is -1.42. The summed E-state index contributed by atoms with van der Waals surface area (Å²) in [5, 5.41) is 0. The molecule has 0 spiro atoms. The third kappa shape index (κ3) is 4.56. The van der Waals surface area contributed by atoms with Gasteiger partial charge in [-0.2, -0.15) is 0 Å². The molecule has 0 aromatic heterocycles. The van der Waals surface area contributed by atoms with Crippen LogP contribution in [0.3, 0.4) is 0 Å². The van der Waals surface area contributed by atoms with Crippen molar-refractivity contribution in [1.29, 1.82) is 0 Å². The van der Waals surface area contributed by atoms with E-state index in [0.29, 0.717) is 6.42 Å². The molecule has 1 aliphatic carbocycles. The lowest BCUT2D eigenvalue weighted by Gasteiger charge is -2.47. The summed E-state index contributed by atoms with van der Waals surface area (Å²) in [4.78, 5) is 34.0. The summed E-state index contributed by atoms with van der Waals surface area (Å²) in [6.07, 6.45) is 1.46. The summed E-state index contributed by atoms with van der Waals surface area (Å²) < 4.78 is 21.6. The largest absolute Gasteiger partial charge is 0.463 e. The van der Waals surface area contributed by atoms with E-state index in [4.69, 9.17) is 18.9 Å². The third-order valence-corrected chi connectivity index (χ3v) is 4.36. The molecular formula is C17H24O7. The van der Waals surface area contributed by atoms with Crippen LogP contribution in [0, 0.1) is 11.8 Å². The molecule has 1 aliphatic heterocycles. The maximum Gasteiger partial charge on any atom is 0.305 e. The van der Waals surface area contributed by atoms with Crippen molar-refractivity contribution in [2.45, 2.75) is 59.0 Å². The van der Waals surface area contributed by atoms with Gasteiger partial charge >= 0.3 is 17.9 Å². The van der Waals surface area contributed by atoms with Gasteiger partial charge in [0, 0.05) is 26.7 Å². The van der Waals surface area contributed by atoms with E-state index in [0.717, 1.165) is 6.42 Å². The average molecular weight is 340 g/mol. The quantitative estimate of drug-likeness (QED) is 0.437. The summed E-state index contributed by atoms with van der Waals surface area (Å²) >= 11 is 0. The highest BCUT2D eigenvalue weighted by molar-refractivity contribution is 5.67. The van der Waals surface area contributed by atoms with Gasteiger partial charge in [-0.05, 0) is 25.7 Å². The number of hydrogen-bond acceptors (Lipinski definition) is 7. The molecule has 1 unspecified atom stereocenters. The minimum absolute atomic E-state index is 0.0178. The van der Waals surface area contributed by atoms with Gasteiger partial charge in [0.2, 0.25) is 6.29 Å². The number of carbonyl (C=O) groups is 3. The van der Waals surface area contributed by atoms with Gasteiger partial charge in [0.05, 0.1) is 6.10 Å². The fraction of sp³-hybridized carbons (Fsp3) is 0.706. The Morgan fingerprint density at radius 1 is 1.08 bits per heavy atom. The molecule has 1 heterocycles. The normalized spacial score (nSPS) is 32.2. The van der Waals surface area contributed by atoms with E-state index >= 15 is 0 Å². The van der Waals surface area contributed by atoms with Gasteiger partial charge in [-0.15, -0.1) is 0 Å². The van der Waals surface area contributed by atoms with Crippen molar-refractivity contribution in [3.05, 3.63) is 11.6 Å². The van der Waals surface area contributed by atoms with Crippen LogP contribution < -0.4 is 0 Å². The number of hydrogen-bond donors (Lipinski definition) is 0. The molecule has 0 aromatic carbocycles. The van der Waals surface area contributed by atoms with Crippen molar-refractivity contribution in [3.8, 4) is 0 Å². The maximum absolute atomic E-state index is 11.5. The lowest BCUT2D eigenvalue weighted by molar-refractivity contribution is -0.276. The second kappa shape index (κ2) is 7.79. The number of carbonyl (C=O) groups excluding carboxylic acids is 3. The number of esters is 3. The Balaban J connectivity index is 2.26. The highest BCUT2D eigenvalue weighted by Gasteiger charge is 2.49. The first kappa shape index (κ1) is 18.4. The summed E-state index contributed by atoms with van der Waals surface area (Å²) in [6.45, 7) is 6.01. The Labute approximate surface area is 141 Å². The molecule has 5 atom stereocenters. The molecule has 0 amide bonds. The lowest BCUT2D eigenvalue weighted by Crippen LogP contribution is -2.56. The Bertz CT molecular complexity index is 539. The van der Waals surface area contributed by atoms with Crippen LogP contribution in [-0.4, -0.2) is 43.0 Å². The maximum atomic E-state index is 11.5. The van der Waals surface area contributed by atoms with Crippen LogP contribution in [0.15, 0.2) is 11.6 Å². The van der Waals surface area contributed by atoms with E-state index in [-0.39, 0.29) is 18.4 Å². The zero-order valence-corrected chi connectivity index (χ0v) is 14.4.